The Hall–Kier alpha value is -6.45. The number of carbonyl (C=O) groups is 4. The molecule has 5 aromatic rings. The summed E-state index contributed by atoms with van der Waals surface area (Å²) >= 11 is 0. The number of carbonyl (C=O) groups excluding carboxylic acids is 4. The lowest BCUT2D eigenvalue weighted by Gasteiger charge is -2.44. The maximum atomic E-state index is 13.9. The molecular formula is C45H40O13S. The molecule has 0 amide bonds. The highest BCUT2D eigenvalue weighted by atomic mass is 32.2. The second-order valence-corrected chi connectivity index (χ2v) is 14.8. The Morgan fingerprint density at radius 1 is 0.610 bits per heavy atom. The van der Waals surface area contributed by atoms with Gasteiger partial charge in [-0.3, -0.25) is 4.18 Å². The van der Waals surface area contributed by atoms with E-state index in [0.717, 1.165) is 5.56 Å². The minimum absolute atomic E-state index is 0.100. The van der Waals surface area contributed by atoms with Crippen molar-refractivity contribution >= 4 is 34.0 Å². The Morgan fingerprint density at radius 3 is 1.49 bits per heavy atom. The number of aryl methyl sites for hydroxylation is 1. The van der Waals surface area contributed by atoms with Gasteiger partial charge in [-0.05, 0) is 67.6 Å². The van der Waals surface area contributed by atoms with Crippen LogP contribution in [0.2, 0.25) is 0 Å². The highest BCUT2D eigenvalue weighted by Gasteiger charge is 2.54. The van der Waals surface area contributed by atoms with Crippen molar-refractivity contribution in [3.05, 3.63) is 186 Å². The van der Waals surface area contributed by atoms with Gasteiger partial charge in [0.1, 0.15) is 18.8 Å². The molecule has 1 fully saturated rings. The van der Waals surface area contributed by atoms with Crippen LogP contribution in [0.5, 0.6) is 0 Å². The lowest BCUT2D eigenvalue weighted by molar-refractivity contribution is -0.306. The van der Waals surface area contributed by atoms with E-state index in [1.54, 1.807) is 91.9 Å². The smallest absolute Gasteiger partial charge is 0.338 e. The van der Waals surface area contributed by atoms with Crippen LogP contribution >= 0.6 is 0 Å². The molecule has 0 spiro atoms. The van der Waals surface area contributed by atoms with Gasteiger partial charge in [0.25, 0.3) is 10.1 Å². The maximum Gasteiger partial charge on any atom is 0.338 e. The predicted octanol–water partition coefficient (Wildman–Crippen LogP) is 6.53. The van der Waals surface area contributed by atoms with Crippen molar-refractivity contribution in [2.75, 3.05) is 13.2 Å². The Balaban J connectivity index is 1.39. The summed E-state index contributed by atoms with van der Waals surface area (Å²) in [5.74, 6) is -3.42. The molecular weight excluding hydrogens is 781 g/mol. The standard InChI is InChI=1S/C45H40O13S/c1-3-35(28-53-59(50,51)36-26-24-30(2)25-27-36)54-45-40(58-44(49)34-22-14-7-15-23-34)39(57-43(48)33-20-12-6-13-21-33)38(56-42(47)32-18-10-5-11-19-32)37(55-45)29-52-41(46)31-16-8-4-9-17-31/h3-27,35,37-40,45H,1,28-29H2,2H3/t35-,37-,38+,39+,40-,45+/m1/s1. The molecule has 0 bridgehead atoms. The van der Waals surface area contributed by atoms with Crippen molar-refractivity contribution in [1.29, 1.82) is 0 Å². The summed E-state index contributed by atoms with van der Waals surface area (Å²) in [6, 6.07) is 37.8. The molecule has 304 valence electrons. The number of hydrogen-bond donors (Lipinski definition) is 0. The first-order valence-corrected chi connectivity index (χ1v) is 19.8. The number of rotatable bonds is 16. The number of ether oxygens (including phenoxy) is 6. The Bertz CT molecular complexity index is 2300. The Labute approximate surface area is 341 Å². The van der Waals surface area contributed by atoms with Gasteiger partial charge in [0, 0.05) is 0 Å². The van der Waals surface area contributed by atoms with Gasteiger partial charge in [-0.2, -0.15) is 8.42 Å². The van der Waals surface area contributed by atoms with Crippen molar-refractivity contribution in [1.82, 2.24) is 0 Å². The summed E-state index contributed by atoms with van der Waals surface area (Å²) in [5.41, 5.74) is 1.36. The van der Waals surface area contributed by atoms with E-state index in [2.05, 4.69) is 6.58 Å². The first kappa shape index (κ1) is 42.2. The molecule has 6 atom stereocenters. The van der Waals surface area contributed by atoms with Crippen LogP contribution in [0.25, 0.3) is 0 Å². The largest absolute Gasteiger partial charge is 0.459 e. The van der Waals surface area contributed by atoms with Crippen molar-refractivity contribution in [2.45, 2.75) is 48.6 Å². The number of hydrogen-bond acceptors (Lipinski definition) is 13. The SMILES string of the molecule is C=C[C@H](COS(=O)(=O)c1ccc(C)cc1)O[C@H]1O[C@H](COC(=O)c2ccccc2)[C@H](OC(=O)c2ccccc2)[C@H](OC(=O)c2ccccc2)[C@H]1OC(=O)c1ccccc1. The van der Waals surface area contributed by atoms with Gasteiger partial charge in [0.05, 0.1) is 33.8 Å². The van der Waals surface area contributed by atoms with E-state index in [9.17, 15) is 27.6 Å². The number of benzene rings is 5. The summed E-state index contributed by atoms with van der Waals surface area (Å²) in [4.78, 5) is 54.5. The summed E-state index contributed by atoms with van der Waals surface area (Å²) in [6.07, 6.45) is -8.18. The molecule has 0 radical (unpaired) electrons. The van der Waals surface area contributed by atoms with Gasteiger partial charge >= 0.3 is 23.9 Å². The van der Waals surface area contributed by atoms with Gasteiger partial charge < -0.3 is 28.4 Å². The van der Waals surface area contributed by atoms with Crippen molar-refractivity contribution in [3.63, 3.8) is 0 Å². The average Bonchev–Trinajstić information content (AvgIpc) is 3.27. The van der Waals surface area contributed by atoms with Crippen LogP contribution < -0.4 is 0 Å². The van der Waals surface area contributed by atoms with Crippen LogP contribution in [0.4, 0.5) is 0 Å². The third-order valence-corrected chi connectivity index (χ3v) is 10.3. The molecule has 0 unspecified atom stereocenters. The highest BCUT2D eigenvalue weighted by Crippen LogP contribution is 2.33. The van der Waals surface area contributed by atoms with Gasteiger partial charge in [-0.15, -0.1) is 6.58 Å². The van der Waals surface area contributed by atoms with E-state index in [-0.39, 0.29) is 27.1 Å². The summed E-state index contributed by atoms with van der Waals surface area (Å²) in [5, 5.41) is 0. The zero-order valence-corrected chi connectivity index (χ0v) is 32.6. The zero-order chi connectivity index (χ0) is 41.8. The fourth-order valence-electron chi connectivity index (χ4n) is 5.90. The monoisotopic (exact) mass is 820 g/mol. The fraction of sp³-hybridized carbons (Fsp3) is 0.200. The van der Waals surface area contributed by atoms with E-state index in [0.29, 0.717) is 0 Å². The molecule has 6 rings (SSSR count). The molecule has 1 aliphatic heterocycles. The second kappa shape index (κ2) is 19.8. The number of esters is 4. The van der Waals surface area contributed by atoms with Crippen LogP contribution in [0.3, 0.4) is 0 Å². The molecule has 0 saturated carbocycles. The molecule has 1 heterocycles. The Kier molecular flexibility index (Phi) is 14.2. The third-order valence-electron chi connectivity index (χ3n) is 9.01. The van der Waals surface area contributed by atoms with E-state index in [1.165, 1.54) is 66.7 Å². The van der Waals surface area contributed by atoms with Crippen LogP contribution in [0, 0.1) is 6.92 Å². The first-order chi connectivity index (χ1) is 28.5. The van der Waals surface area contributed by atoms with Crippen molar-refractivity contribution in [3.8, 4) is 0 Å². The van der Waals surface area contributed by atoms with Gasteiger partial charge in [-0.25, -0.2) is 19.2 Å². The second-order valence-electron chi connectivity index (χ2n) is 13.2. The molecule has 1 saturated heterocycles. The lowest BCUT2D eigenvalue weighted by atomic mass is 9.97. The molecule has 13 nitrogen and oxygen atoms in total. The summed E-state index contributed by atoms with van der Waals surface area (Å²) in [6.45, 7) is 4.36. The van der Waals surface area contributed by atoms with Crippen LogP contribution in [0.1, 0.15) is 47.0 Å². The van der Waals surface area contributed by atoms with E-state index in [1.807, 2.05) is 0 Å². The van der Waals surface area contributed by atoms with Crippen LogP contribution in [0.15, 0.2) is 163 Å². The van der Waals surface area contributed by atoms with Crippen molar-refractivity contribution in [2.24, 2.45) is 0 Å². The highest BCUT2D eigenvalue weighted by molar-refractivity contribution is 7.86. The van der Waals surface area contributed by atoms with E-state index >= 15 is 0 Å². The Morgan fingerprint density at radius 2 is 1.03 bits per heavy atom. The quantitative estimate of drug-likeness (QED) is 0.0457. The zero-order valence-electron chi connectivity index (χ0n) is 31.7. The van der Waals surface area contributed by atoms with Crippen molar-refractivity contribution < 1.29 is 60.2 Å². The molecule has 1 aliphatic rings. The molecule has 59 heavy (non-hydrogen) atoms. The molecule has 0 aliphatic carbocycles. The maximum absolute atomic E-state index is 13.9. The third kappa shape index (κ3) is 11.1. The van der Waals surface area contributed by atoms with Gasteiger partial charge in [-0.1, -0.05) is 96.6 Å². The average molecular weight is 821 g/mol. The molecule has 0 aromatic heterocycles. The molecule has 0 N–H and O–H groups in total. The van der Waals surface area contributed by atoms with Crippen LogP contribution in [-0.2, 0) is 42.7 Å². The lowest BCUT2D eigenvalue weighted by Crippen LogP contribution is -2.63. The van der Waals surface area contributed by atoms with E-state index < -0.39 is 84.0 Å². The summed E-state index contributed by atoms with van der Waals surface area (Å²) < 4.78 is 68.0. The van der Waals surface area contributed by atoms with Gasteiger partial charge in [0.15, 0.2) is 24.6 Å². The van der Waals surface area contributed by atoms with E-state index in [4.69, 9.17) is 32.6 Å². The summed E-state index contributed by atoms with van der Waals surface area (Å²) in [7, 11) is -4.29. The molecule has 14 heteroatoms. The van der Waals surface area contributed by atoms with Crippen LogP contribution in [-0.4, -0.2) is 82.3 Å². The molecule has 5 aromatic carbocycles. The predicted molar refractivity (Wildman–Crippen MR) is 212 cm³/mol. The topological polar surface area (TPSA) is 167 Å². The first-order valence-electron chi connectivity index (χ1n) is 18.4. The fourth-order valence-corrected chi connectivity index (χ4v) is 6.82. The normalized spacial score (nSPS) is 19.4. The minimum atomic E-state index is -4.29. The minimum Gasteiger partial charge on any atom is -0.459 e. The van der Waals surface area contributed by atoms with Gasteiger partial charge in [0.2, 0.25) is 0 Å².